The van der Waals surface area contributed by atoms with Gasteiger partial charge in [0.1, 0.15) is 0 Å². The fourth-order valence-corrected chi connectivity index (χ4v) is 1.97. The lowest BCUT2D eigenvalue weighted by Crippen LogP contribution is -1.83. The lowest BCUT2D eigenvalue weighted by Gasteiger charge is -1.96. The van der Waals surface area contributed by atoms with E-state index in [1.165, 1.54) is 23.6 Å². The van der Waals surface area contributed by atoms with Crippen LogP contribution in [0.1, 0.15) is 0 Å². The lowest BCUT2D eigenvalue weighted by atomic mass is 10.2. The fraction of sp³-hybridized carbons (Fsp3) is 0. The molecule has 0 aliphatic carbocycles. The maximum atomic E-state index is 12.8. The zero-order valence-corrected chi connectivity index (χ0v) is 8.37. The highest BCUT2D eigenvalue weighted by Crippen LogP contribution is 2.29. The van der Waals surface area contributed by atoms with Gasteiger partial charge in [0.25, 0.3) is 0 Å². The first-order chi connectivity index (χ1) is 6.66. The molecule has 1 aromatic carbocycles. The molecule has 0 bridgehead atoms. The van der Waals surface area contributed by atoms with Crippen molar-refractivity contribution >= 4 is 22.9 Å². The standard InChI is InChI=1S/C9H4ClF2NS/c10-9-13-4-8(14-9)5-1-2-6(11)7(12)3-5/h1-4H. The Bertz CT molecular complexity index is 470. The van der Waals surface area contributed by atoms with Gasteiger partial charge in [-0.15, -0.1) is 11.3 Å². The predicted molar refractivity (Wildman–Crippen MR) is 52.5 cm³/mol. The zero-order chi connectivity index (χ0) is 10.1. The molecule has 0 spiro atoms. The molecule has 1 heterocycles. The van der Waals surface area contributed by atoms with Crippen molar-refractivity contribution in [1.82, 2.24) is 4.98 Å². The maximum absolute atomic E-state index is 12.8. The van der Waals surface area contributed by atoms with Crippen molar-refractivity contribution in [3.63, 3.8) is 0 Å². The van der Waals surface area contributed by atoms with Crippen LogP contribution in [0.2, 0.25) is 4.47 Å². The molecule has 0 N–H and O–H groups in total. The Hall–Kier alpha value is -1.00. The van der Waals surface area contributed by atoms with E-state index in [4.69, 9.17) is 11.6 Å². The van der Waals surface area contributed by atoms with Crippen LogP contribution in [-0.2, 0) is 0 Å². The number of benzene rings is 1. The van der Waals surface area contributed by atoms with Crippen LogP contribution in [0.5, 0.6) is 0 Å². The average Bonchev–Trinajstić information content (AvgIpc) is 2.57. The molecule has 0 unspecified atom stereocenters. The Morgan fingerprint density at radius 1 is 1.21 bits per heavy atom. The molecule has 0 saturated heterocycles. The SMILES string of the molecule is Fc1ccc(-c2cnc(Cl)s2)cc1F. The number of thiazole rings is 1. The van der Waals surface area contributed by atoms with Crippen molar-refractivity contribution in [3.8, 4) is 10.4 Å². The summed E-state index contributed by atoms with van der Waals surface area (Å²) in [6.07, 6.45) is 1.53. The van der Waals surface area contributed by atoms with Crippen molar-refractivity contribution in [3.05, 3.63) is 40.5 Å². The summed E-state index contributed by atoms with van der Waals surface area (Å²) in [4.78, 5) is 4.53. The Morgan fingerprint density at radius 2 is 2.00 bits per heavy atom. The summed E-state index contributed by atoms with van der Waals surface area (Å²) in [6.45, 7) is 0. The largest absolute Gasteiger partial charge is 0.233 e. The van der Waals surface area contributed by atoms with E-state index in [-0.39, 0.29) is 0 Å². The van der Waals surface area contributed by atoms with Gasteiger partial charge in [-0.3, -0.25) is 0 Å². The second kappa shape index (κ2) is 3.63. The maximum Gasteiger partial charge on any atom is 0.184 e. The second-order valence-corrected chi connectivity index (χ2v) is 4.22. The van der Waals surface area contributed by atoms with Gasteiger partial charge in [-0.25, -0.2) is 13.8 Å². The molecule has 0 atom stereocenters. The summed E-state index contributed by atoms with van der Waals surface area (Å²) in [7, 11) is 0. The fourth-order valence-electron chi connectivity index (χ4n) is 1.04. The van der Waals surface area contributed by atoms with Gasteiger partial charge in [0.15, 0.2) is 16.1 Å². The minimum atomic E-state index is -0.868. The van der Waals surface area contributed by atoms with Gasteiger partial charge in [0.2, 0.25) is 0 Å². The first-order valence-corrected chi connectivity index (χ1v) is 4.93. The molecular formula is C9H4ClF2NS. The first-order valence-electron chi connectivity index (χ1n) is 3.73. The van der Waals surface area contributed by atoms with E-state index in [0.29, 0.717) is 14.9 Å². The summed E-state index contributed by atoms with van der Waals surface area (Å²) in [6, 6.07) is 3.69. The lowest BCUT2D eigenvalue weighted by molar-refractivity contribution is 0.509. The summed E-state index contributed by atoms with van der Waals surface area (Å²) in [5.74, 6) is -1.73. The van der Waals surface area contributed by atoms with E-state index in [0.717, 1.165) is 12.1 Å². The van der Waals surface area contributed by atoms with Crippen molar-refractivity contribution in [1.29, 1.82) is 0 Å². The van der Waals surface area contributed by atoms with Crippen molar-refractivity contribution in [2.24, 2.45) is 0 Å². The van der Waals surface area contributed by atoms with E-state index in [1.807, 2.05) is 0 Å². The summed E-state index contributed by atoms with van der Waals surface area (Å²) < 4.78 is 25.8. The van der Waals surface area contributed by atoms with E-state index in [9.17, 15) is 8.78 Å². The third-order valence-electron chi connectivity index (χ3n) is 1.68. The smallest absolute Gasteiger partial charge is 0.184 e. The second-order valence-electron chi connectivity index (χ2n) is 2.61. The van der Waals surface area contributed by atoms with Crippen molar-refractivity contribution in [2.45, 2.75) is 0 Å². The molecule has 0 saturated carbocycles. The van der Waals surface area contributed by atoms with Gasteiger partial charge >= 0.3 is 0 Å². The van der Waals surface area contributed by atoms with Crippen molar-refractivity contribution < 1.29 is 8.78 Å². The van der Waals surface area contributed by atoms with Gasteiger partial charge in [0, 0.05) is 6.20 Å². The van der Waals surface area contributed by atoms with Gasteiger partial charge in [-0.05, 0) is 17.7 Å². The molecule has 5 heteroatoms. The number of halogens is 3. The minimum Gasteiger partial charge on any atom is -0.233 e. The average molecular weight is 232 g/mol. The van der Waals surface area contributed by atoms with Crippen LogP contribution in [0.3, 0.4) is 0 Å². The minimum absolute atomic E-state index is 0.379. The molecule has 0 aliphatic heterocycles. The monoisotopic (exact) mass is 231 g/mol. The van der Waals surface area contributed by atoms with Gasteiger partial charge in [-0.2, -0.15) is 0 Å². The Morgan fingerprint density at radius 3 is 2.57 bits per heavy atom. The number of nitrogens with zero attached hydrogens (tertiary/aromatic N) is 1. The topological polar surface area (TPSA) is 12.9 Å². The van der Waals surface area contributed by atoms with Crippen LogP contribution in [0.4, 0.5) is 8.78 Å². The number of aromatic nitrogens is 1. The summed E-state index contributed by atoms with van der Waals surface area (Å²) in [5, 5.41) is 0. The summed E-state index contributed by atoms with van der Waals surface area (Å²) >= 11 is 6.84. The highest BCUT2D eigenvalue weighted by atomic mass is 35.5. The molecule has 2 rings (SSSR count). The molecule has 0 radical (unpaired) electrons. The van der Waals surface area contributed by atoms with E-state index in [1.54, 1.807) is 0 Å². The predicted octanol–water partition coefficient (Wildman–Crippen LogP) is 3.74. The molecule has 72 valence electrons. The number of rotatable bonds is 1. The molecule has 1 nitrogen and oxygen atoms in total. The Balaban J connectivity index is 2.47. The highest BCUT2D eigenvalue weighted by molar-refractivity contribution is 7.18. The highest BCUT2D eigenvalue weighted by Gasteiger charge is 2.06. The van der Waals surface area contributed by atoms with Crippen LogP contribution < -0.4 is 0 Å². The van der Waals surface area contributed by atoms with Crippen molar-refractivity contribution in [2.75, 3.05) is 0 Å². The Kier molecular flexibility index (Phi) is 2.48. The van der Waals surface area contributed by atoms with Crippen LogP contribution in [0.15, 0.2) is 24.4 Å². The molecule has 0 amide bonds. The third kappa shape index (κ3) is 1.76. The van der Waals surface area contributed by atoms with Crippen LogP contribution in [0.25, 0.3) is 10.4 Å². The zero-order valence-electron chi connectivity index (χ0n) is 6.80. The van der Waals surface area contributed by atoms with E-state index < -0.39 is 11.6 Å². The van der Waals surface area contributed by atoms with E-state index in [2.05, 4.69) is 4.98 Å². The van der Waals surface area contributed by atoms with E-state index >= 15 is 0 Å². The van der Waals surface area contributed by atoms with Crippen LogP contribution in [-0.4, -0.2) is 4.98 Å². The normalized spacial score (nSPS) is 10.5. The molecule has 0 fully saturated rings. The van der Waals surface area contributed by atoms with Crippen LogP contribution >= 0.6 is 22.9 Å². The number of hydrogen-bond acceptors (Lipinski definition) is 2. The number of hydrogen-bond donors (Lipinski definition) is 0. The molecule has 0 aliphatic rings. The Labute approximate surface area is 88.0 Å². The van der Waals surface area contributed by atoms with Crippen LogP contribution in [0, 0.1) is 11.6 Å². The molecule has 2 aromatic rings. The summed E-state index contributed by atoms with van der Waals surface area (Å²) in [5.41, 5.74) is 0.577. The quantitative estimate of drug-likeness (QED) is 0.729. The first kappa shape index (κ1) is 9.55. The molecular weight excluding hydrogens is 228 g/mol. The van der Waals surface area contributed by atoms with Gasteiger partial charge in [0.05, 0.1) is 4.88 Å². The van der Waals surface area contributed by atoms with Gasteiger partial charge < -0.3 is 0 Å². The molecule has 14 heavy (non-hydrogen) atoms. The van der Waals surface area contributed by atoms with Gasteiger partial charge in [-0.1, -0.05) is 17.7 Å². The third-order valence-corrected chi connectivity index (χ3v) is 2.85. The molecule has 1 aromatic heterocycles.